The maximum Gasteiger partial charge on any atom is 0.418 e. The molecular weight excluding hydrogens is 166 g/mol. The lowest BCUT2D eigenvalue weighted by Gasteiger charge is -2.09. The number of nitrogens with zero attached hydrogens (tertiary/aromatic N) is 1. The third-order valence-corrected chi connectivity index (χ3v) is 1.67. The maximum atomic E-state index is 10.2. The molecule has 0 aliphatic heterocycles. The normalized spacial score (nSPS) is 9.64. The fourth-order valence-electron chi connectivity index (χ4n) is 0.351. The van der Waals surface area contributed by atoms with Crippen molar-refractivity contribution in [2.45, 2.75) is 19.8 Å². The molecule has 0 aromatic rings. The lowest BCUT2D eigenvalue weighted by atomic mass is 10.4. The third kappa shape index (κ3) is 6.00. The van der Waals surface area contributed by atoms with Crippen molar-refractivity contribution in [3.05, 3.63) is 0 Å². The Morgan fingerprint density at radius 2 is 2.36 bits per heavy atom. The number of carboxylic acid groups (broad SMARTS) is 1. The van der Waals surface area contributed by atoms with Gasteiger partial charge in [0, 0.05) is 7.05 Å². The van der Waals surface area contributed by atoms with Gasteiger partial charge in [-0.1, -0.05) is 13.3 Å². The fraction of sp³-hybridized carbons (Fsp3) is 0.833. The second-order valence-corrected chi connectivity index (χ2v) is 2.96. The van der Waals surface area contributed by atoms with E-state index in [2.05, 4.69) is 6.92 Å². The van der Waals surface area contributed by atoms with E-state index in [0.717, 1.165) is 29.4 Å². The molecule has 0 unspecified atom stereocenters. The highest BCUT2D eigenvalue weighted by Crippen LogP contribution is 2.08. The van der Waals surface area contributed by atoms with E-state index in [0.29, 0.717) is 6.61 Å². The molecule has 0 aromatic carbocycles. The molecule has 0 aromatic heterocycles. The molecule has 0 fully saturated rings. The summed E-state index contributed by atoms with van der Waals surface area (Å²) < 4.78 is 5.98. The van der Waals surface area contributed by atoms with Crippen molar-refractivity contribution in [1.29, 1.82) is 0 Å². The van der Waals surface area contributed by atoms with E-state index in [4.69, 9.17) is 9.29 Å². The van der Waals surface area contributed by atoms with Crippen LogP contribution in [0, 0.1) is 0 Å². The van der Waals surface area contributed by atoms with Gasteiger partial charge in [0.25, 0.3) is 0 Å². The lowest BCUT2D eigenvalue weighted by molar-refractivity contribution is 0.178. The largest absolute Gasteiger partial charge is 0.464 e. The van der Waals surface area contributed by atoms with Crippen molar-refractivity contribution < 1.29 is 14.1 Å². The molecule has 66 valence electrons. The first-order valence-electron chi connectivity index (χ1n) is 3.44. The topological polar surface area (TPSA) is 49.8 Å². The van der Waals surface area contributed by atoms with Gasteiger partial charge in [0.05, 0.1) is 6.61 Å². The summed E-state index contributed by atoms with van der Waals surface area (Å²) in [6.07, 6.45) is 1.02. The second kappa shape index (κ2) is 6.30. The highest BCUT2D eigenvalue weighted by atomic mass is 32.2. The van der Waals surface area contributed by atoms with Gasteiger partial charge in [-0.25, -0.2) is 9.10 Å². The Kier molecular flexibility index (Phi) is 6.06. The summed E-state index contributed by atoms with van der Waals surface area (Å²) in [7, 11) is 1.44. The van der Waals surface area contributed by atoms with Gasteiger partial charge in [0.15, 0.2) is 0 Å². The van der Waals surface area contributed by atoms with E-state index in [9.17, 15) is 4.79 Å². The van der Waals surface area contributed by atoms with Gasteiger partial charge in [-0.2, -0.15) is 0 Å². The van der Waals surface area contributed by atoms with Crippen LogP contribution in [0.2, 0.25) is 0 Å². The monoisotopic (exact) mass is 179 g/mol. The van der Waals surface area contributed by atoms with Gasteiger partial charge in [-0.3, -0.25) is 4.18 Å². The Balaban J connectivity index is 3.17. The van der Waals surface area contributed by atoms with Crippen molar-refractivity contribution >= 4 is 18.3 Å². The first-order chi connectivity index (χ1) is 5.18. The molecule has 4 nitrogen and oxygen atoms in total. The van der Waals surface area contributed by atoms with Crippen LogP contribution in [0.25, 0.3) is 0 Å². The van der Waals surface area contributed by atoms with E-state index < -0.39 is 6.09 Å². The Morgan fingerprint density at radius 1 is 1.73 bits per heavy atom. The molecule has 0 aliphatic carbocycles. The number of carbonyl (C=O) groups is 1. The van der Waals surface area contributed by atoms with E-state index in [1.54, 1.807) is 0 Å². The van der Waals surface area contributed by atoms with Gasteiger partial charge < -0.3 is 5.11 Å². The Bertz CT molecular complexity index is 120. The summed E-state index contributed by atoms with van der Waals surface area (Å²) in [5, 5.41) is 8.36. The molecule has 5 heteroatoms. The first-order valence-corrected chi connectivity index (χ1v) is 4.14. The first kappa shape index (κ1) is 10.6. The molecule has 0 saturated heterocycles. The minimum Gasteiger partial charge on any atom is -0.464 e. The molecule has 0 saturated carbocycles. The molecule has 1 amide bonds. The minimum atomic E-state index is -0.994. The zero-order valence-electron chi connectivity index (χ0n) is 6.74. The molecule has 1 N–H and O–H groups in total. The Labute approximate surface area is 70.9 Å². The highest BCUT2D eigenvalue weighted by Gasteiger charge is 2.05. The predicted molar refractivity (Wildman–Crippen MR) is 44.2 cm³/mol. The number of hydrogen-bond donors (Lipinski definition) is 1. The average Bonchev–Trinajstić information content (AvgIpc) is 1.97. The zero-order valence-corrected chi connectivity index (χ0v) is 7.56. The molecule has 0 atom stereocenters. The predicted octanol–water partition coefficient (Wildman–Crippen LogP) is 1.98. The molecule has 0 spiro atoms. The highest BCUT2D eigenvalue weighted by molar-refractivity contribution is 7.92. The van der Waals surface area contributed by atoms with Gasteiger partial charge in [0.1, 0.15) is 12.2 Å². The number of amides is 1. The summed E-state index contributed by atoms with van der Waals surface area (Å²) in [5.74, 6) is 0. The summed E-state index contributed by atoms with van der Waals surface area (Å²) in [6.45, 7) is 2.65. The molecular formula is C6H13NO3S. The van der Waals surface area contributed by atoms with Crippen LogP contribution >= 0.6 is 12.2 Å². The Hall–Kier alpha value is -0.420. The van der Waals surface area contributed by atoms with Crippen LogP contribution in [-0.2, 0) is 4.18 Å². The zero-order chi connectivity index (χ0) is 8.69. The van der Waals surface area contributed by atoms with E-state index in [1.165, 1.54) is 7.05 Å². The van der Waals surface area contributed by atoms with Crippen molar-refractivity contribution in [2.75, 3.05) is 13.7 Å². The quantitative estimate of drug-likeness (QED) is 0.398. The van der Waals surface area contributed by atoms with Crippen LogP contribution < -0.4 is 0 Å². The Morgan fingerprint density at radius 3 is 2.82 bits per heavy atom. The standard InChI is InChI=1S/C6H13NO3S/c1-3-4-5-10-11-7(2)6(8)9/h3-5H2,1-2H3,(H,8,9). The second-order valence-electron chi connectivity index (χ2n) is 2.03. The van der Waals surface area contributed by atoms with Gasteiger partial charge >= 0.3 is 6.09 Å². The van der Waals surface area contributed by atoms with Crippen LogP contribution in [0.4, 0.5) is 4.79 Å². The van der Waals surface area contributed by atoms with Crippen LogP contribution in [0.5, 0.6) is 0 Å². The number of hydrogen-bond acceptors (Lipinski definition) is 3. The maximum absolute atomic E-state index is 10.2. The summed E-state index contributed by atoms with van der Waals surface area (Å²) in [5.41, 5.74) is 0. The SMILES string of the molecule is CCCCOSN(C)C(=O)O. The van der Waals surface area contributed by atoms with Crippen molar-refractivity contribution in [2.24, 2.45) is 0 Å². The van der Waals surface area contributed by atoms with Crippen molar-refractivity contribution in [1.82, 2.24) is 4.31 Å². The van der Waals surface area contributed by atoms with Crippen molar-refractivity contribution in [3.63, 3.8) is 0 Å². The molecule has 11 heavy (non-hydrogen) atoms. The summed E-state index contributed by atoms with van der Waals surface area (Å²) in [4.78, 5) is 10.2. The molecule has 0 heterocycles. The molecule has 0 radical (unpaired) electrons. The minimum absolute atomic E-state index is 0.596. The fourth-order valence-corrected chi connectivity index (χ4v) is 0.766. The van der Waals surface area contributed by atoms with Gasteiger partial charge in [0.2, 0.25) is 0 Å². The summed E-state index contributed by atoms with van der Waals surface area (Å²) >= 11 is 0.858. The molecule has 0 bridgehead atoms. The third-order valence-electron chi connectivity index (χ3n) is 1.02. The number of rotatable bonds is 5. The molecule has 0 rings (SSSR count). The van der Waals surface area contributed by atoms with Crippen LogP contribution in [0.1, 0.15) is 19.8 Å². The summed E-state index contributed by atoms with van der Waals surface area (Å²) in [6, 6.07) is 0. The van der Waals surface area contributed by atoms with Gasteiger partial charge in [-0.05, 0) is 6.42 Å². The lowest BCUT2D eigenvalue weighted by Crippen LogP contribution is -2.16. The average molecular weight is 179 g/mol. The van der Waals surface area contributed by atoms with Crippen LogP contribution in [-0.4, -0.2) is 29.2 Å². The van der Waals surface area contributed by atoms with Crippen LogP contribution in [0.15, 0.2) is 0 Å². The van der Waals surface area contributed by atoms with Crippen molar-refractivity contribution in [3.8, 4) is 0 Å². The van der Waals surface area contributed by atoms with Crippen LogP contribution in [0.3, 0.4) is 0 Å². The number of unbranched alkanes of at least 4 members (excludes halogenated alkanes) is 1. The smallest absolute Gasteiger partial charge is 0.418 e. The van der Waals surface area contributed by atoms with E-state index in [-0.39, 0.29) is 0 Å². The van der Waals surface area contributed by atoms with E-state index in [1.807, 2.05) is 0 Å². The molecule has 0 aliphatic rings. The van der Waals surface area contributed by atoms with E-state index >= 15 is 0 Å². The van der Waals surface area contributed by atoms with Gasteiger partial charge in [-0.15, -0.1) is 0 Å².